The number of imidazole rings is 1. The van der Waals surface area contributed by atoms with E-state index in [-0.39, 0.29) is 16.3 Å². The first-order valence-corrected chi connectivity index (χ1v) is 12.1. The molecule has 150 valence electrons. The van der Waals surface area contributed by atoms with Crippen molar-refractivity contribution in [2.45, 2.75) is 36.7 Å². The number of sulfonamides is 1. The van der Waals surface area contributed by atoms with E-state index in [1.165, 1.54) is 29.6 Å². The molecule has 3 rings (SSSR count). The van der Waals surface area contributed by atoms with Gasteiger partial charge in [-0.05, 0) is 43.7 Å². The number of benzene rings is 2. The van der Waals surface area contributed by atoms with Crippen LogP contribution in [0.4, 0.5) is 0 Å². The van der Waals surface area contributed by atoms with Crippen molar-refractivity contribution in [2.24, 2.45) is 0 Å². The van der Waals surface area contributed by atoms with Crippen LogP contribution in [0.25, 0.3) is 11.0 Å². The zero-order valence-corrected chi connectivity index (χ0v) is 17.9. The summed E-state index contributed by atoms with van der Waals surface area (Å²) in [6, 6.07) is 11.8. The molecule has 0 bridgehead atoms. The van der Waals surface area contributed by atoms with Gasteiger partial charge in [0.05, 0.1) is 27.4 Å². The zero-order chi connectivity index (χ0) is 20.7. The maximum absolute atomic E-state index is 13.1. The molecule has 0 radical (unpaired) electrons. The van der Waals surface area contributed by atoms with Gasteiger partial charge in [-0.25, -0.2) is 21.8 Å². The normalized spacial score (nSPS) is 12.8. The standard InChI is InChI=1S/C19H23N3O4S2/c1-5-22-17-9-7-6-8-16(17)20-19(22)13-21(3)28(25,26)18-12-15(27(4,23)24)11-10-14(18)2/h6-12H,5,13H2,1-4H3. The number of para-hydroxylation sites is 2. The Kier molecular flexibility index (Phi) is 5.35. The van der Waals surface area contributed by atoms with Gasteiger partial charge < -0.3 is 4.57 Å². The third kappa shape index (κ3) is 3.69. The third-order valence-corrected chi connectivity index (χ3v) is 7.75. The van der Waals surface area contributed by atoms with E-state index >= 15 is 0 Å². The Morgan fingerprint density at radius 2 is 1.75 bits per heavy atom. The fraction of sp³-hybridized carbons (Fsp3) is 0.316. The van der Waals surface area contributed by atoms with Crippen LogP contribution in [-0.2, 0) is 33.0 Å². The van der Waals surface area contributed by atoms with E-state index < -0.39 is 19.9 Å². The van der Waals surface area contributed by atoms with Crippen LogP contribution in [0.3, 0.4) is 0 Å². The quantitative estimate of drug-likeness (QED) is 0.610. The molecular formula is C19H23N3O4S2. The molecule has 0 aliphatic carbocycles. The number of rotatable bonds is 6. The molecule has 0 atom stereocenters. The largest absolute Gasteiger partial charge is 0.327 e. The first-order valence-electron chi connectivity index (χ1n) is 8.77. The van der Waals surface area contributed by atoms with Crippen molar-refractivity contribution in [1.29, 1.82) is 0 Å². The van der Waals surface area contributed by atoms with Crippen LogP contribution in [0.1, 0.15) is 18.3 Å². The van der Waals surface area contributed by atoms with Crippen LogP contribution < -0.4 is 0 Å². The summed E-state index contributed by atoms with van der Waals surface area (Å²) in [5, 5.41) is 0. The van der Waals surface area contributed by atoms with E-state index in [2.05, 4.69) is 4.98 Å². The highest BCUT2D eigenvalue weighted by molar-refractivity contribution is 7.91. The molecule has 7 nitrogen and oxygen atoms in total. The first kappa shape index (κ1) is 20.5. The van der Waals surface area contributed by atoms with Gasteiger partial charge in [-0.2, -0.15) is 4.31 Å². The van der Waals surface area contributed by atoms with Crippen molar-refractivity contribution in [1.82, 2.24) is 13.9 Å². The van der Waals surface area contributed by atoms with Gasteiger partial charge >= 0.3 is 0 Å². The number of fused-ring (bicyclic) bond motifs is 1. The van der Waals surface area contributed by atoms with E-state index in [1.807, 2.05) is 35.8 Å². The molecule has 0 saturated carbocycles. The van der Waals surface area contributed by atoms with Gasteiger partial charge in [0.25, 0.3) is 0 Å². The van der Waals surface area contributed by atoms with Crippen LogP contribution >= 0.6 is 0 Å². The summed E-state index contributed by atoms with van der Waals surface area (Å²) in [4.78, 5) is 4.53. The minimum Gasteiger partial charge on any atom is -0.327 e. The van der Waals surface area contributed by atoms with Gasteiger partial charge in [0.1, 0.15) is 5.82 Å². The monoisotopic (exact) mass is 421 g/mol. The molecule has 0 amide bonds. The Hall–Kier alpha value is -2.23. The SMILES string of the molecule is CCn1c(CN(C)S(=O)(=O)c2cc(S(C)(=O)=O)ccc2C)nc2ccccc21. The van der Waals surface area contributed by atoms with Crippen molar-refractivity contribution in [3.05, 3.63) is 53.9 Å². The molecule has 28 heavy (non-hydrogen) atoms. The Morgan fingerprint density at radius 3 is 2.39 bits per heavy atom. The Morgan fingerprint density at radius 1 is 1.07 bits per heavy atom. The topological polar surface area (TPSA) is 89.3 Å². The summed E-state index contributed by atoms with van der Waals surface area (Å²) in [6.07, 6.45) is 1.06. The molecule has 2 aromatic carbocycles. The number of aromatic nitrogens is 2. The highest BCUT2D eigenvalue weighted by atomic mass is 32.2. The summed E-state index contributed by atoms with van der Waals surface area (Å²) < 4.78 is 53.2. The zero-order valence-electron chi connectivity index (χ0n) is 16.2. The molecule has 0 unspecified atom stereocenters. The lowest BCUT2D eigenvalue weighted by Crippen LogP contribution is -2.28. The average Bonchev–Trinajstić information content (AvgIpc) is 2.97. The molecule has 0 spiro atoms. The number of hydrogen-bond acceptors (Lipinski definition) is 5. The van der Waals surface area contributed by atoms with E-state index in [9.17, 15) is 16.8 Å². The Balaban J connectivity index is 2.02. The maximum atomic E-state index is 13.1. The van der Waals surface area contributed by atoms with Gasteiger partial charge in [-0.15, -0.1) is 0 Å². The minimum absolute atomic E-state index is 0.0166. The van der Waals surface area contributed by atoms with Gasteiger partial charge in [-0.1, -0.05) is 18.2 Å². The molecule has 1 heterocycles. The lowest BCUT2D eigenvalue weighted by Gasteiger charge is -2.19. The second-order valence-corrected chi connectivity index (χ2v) is 10.8. The van der Waals surface area contributed by atoms with E-state index in [0.29, 0.717) is 17.9 Å². The molecule has 1 aromatic heterocycles. The fourth-order valence-corrected chi connectivity index (χ4v) is 5.23. The van der Waals surface area contributed by atoms with Gasteiger partial charge in [0, 0.05) is 19.8 Å². The molecule has 0 aliphatic heterocycles. The average molecular weight is 422 g/mol. The maximum Gasteiger partial charge on any atom is 0.243 e. The van der Waals surface area contributed by atoms with Crippen molar-refractivity contribution in [3.8, 4) is 0 Å². The third-order valence-electron chi connectivity index (χ3n) is 4.69. The van der Waals surface area contributed by atoms with Crippen LogP contribution in [0.5, 0.6) is 0 Å². The van der Waals surface area contributed by atoms with Crippen molar-refractivity contribution in [2.75, 3.05) is 13.3 Å². The molecule has 9 heteroatoms. The first-order chi connectivity index (χ1) is 13.1. The molecule has 0 aliphatic rings. The molecule has 0 N–H and O–H groups in total. The number of hydrogen-bond donors (Lipinski definition) is 0. The van der Waals surface area contributed by atoms with Crippen LogP contribution in [0.15, 0.2) is 52.3 Å². The summed E-state index contributed by atoms with van der Waals surface area (Å²) >= 11 is 0. The van der Waals surface area contributed by atoms with Crippen molar-refractivity contribution >= 4 is 30.9 Å². The summed E-state index contributed by atoms with van der Waals surface area (Å²) in [6.45, 7) is 4.36. The van der Waals surface area contributed by atoms with E-state index in [1.54, 1.807) is 6.92 Å². The summed E-state index contributed by atoms with van der Waals surface area (Å²) in [7, 11) is -5.94. The van der Waals surface area contributed by atoms with E-state index in [0.717, 1.165) is 17.3 Å². The molecule has 0 fully saturated rings. The smallest absolute Gasteiger partial charge is 0.243 e. The predicted molar refractivity (Wildman–Crippen MR) is 108 cm³/mol. The predicted octanol–water partition coefficient (Wildman–Crippen LogP) is 2.59. The Labute approximate surface area is 165 Å². The van der Waals surface area contributed by atoms with Gasteiger partial charge in [0.2, 0.25) is 10.0 Å². The van der Waals surface area contributed by atoms with Crippen LogP contribution in [-0.4, -0.2) is 44.0 Å². The second kappa shape index (κ2) is 7.31. The fourth-order valence-electron chi connectivity index (χ4n) is 3.14. The highest BCUT2D eigenvalue weighted by Crippen LogP contribution is 2.25. The van der Waals surface area contributed by atoms with Crippen molar-refractivity contribution < 1.29 is 16.8 Å². The number of nitrogens with zero attached hydrogens (tertiary/aromatic N) is 3. The minimum atomic E-state index is -3.90. The van der Waals surface area contributed by atoms with Crippen molar-refractivity contribution in [3.63, 3.8) is 0 Å². The van der Waals surface area contributed by atoms with Crippen LogP contribution in [0, 0.1) is 6.92 Å². The van der Waals surface area contributed by atoms with Gasteiger partial charge in [-0.3, -0.25) is 0 Å². The molecule has 3 aromatic rings. The molecular weight excluding hydrogens is 398 g/mol. The lowest BCUT2D eigenvalue weighted by molar-refractivity contribution is 0.448. The number of sulfone groups is 1. The van der Waals surface area contributed by atoms with Gasteiger partial charge in [0.15, 0.2) is 9.84 Å². The summed E-state index contributed by atoms with van der Waals surface area (Å²) in [5.74, 6) is 0.631. The molecule has 0 saturated heterocycles. The highest BCUT2D eigenvalue weighted by Gasteiger charge is 2.26. The second-order valence-electron chi connectivity index (χ2n) is 6.72. The summed E-state index contributed by atoms with van der Waals surface area (Å²) in [5.41, 5.74) is 2.24. The van der Waals surface area contributed by atoms with Crippen LogP contribution in [0.2, 0.25) is 0 Å². The van der Waals surface area contributed by atoms with E-state index in [4.69, 9.17) is 0 Å². The number of aryl methyl sites for hydroxylation is 2. The Bertz CT molecular complexity index is 1250. The lowest BCUT2D eigenvalue weighted by atomic mass is 10.2.